The predicted molar refractivity (Wildman–Crippen MR) is 284 cm³/mol. The number of carbonyl (C=O) groups is 1. The second-order valence-corrected chi connectivity index (χ2v) is 19.6. The molecule has 402 valence electrons. The Morgan fingerprint density at radius 1 is 0.536 bits per heavy atom. The largest absolute Gasteiger partial charge is 0.394 e. The smallest absolute Gasteiger partial charge is 0.249 e. The molecular weight excluding hydrogens is 871 g/mol. The lowest BCUT2D eigenvalue weighted by Crippen LogP contribution is -2.60. The van der Waals surface area contributed by atoms with Crippen LogP contribution < -0.4 is 5.32 Å². The van der Waals surface area contributed by atoms with E-state index in [9.17, 15) is 40.5 Å². The van der Waals surface area contributed by atoms with Crippen LogP contribution in [0.1, 0.15) is 232 Å². The number of amides is 1. The van der Waals surface area contributed by atoms with E-state index in [1.807, 2.05) is 13.0 Å². The summed E-state index contributed by atoms with van der Waals surface area (Å²) in [6, 6.07) is -1.20. The van der Waals surface area contributed by atoms with Crippen molar-refractivity contribution in [2.45, 2.75) is 287 Å². The third kappa shape index (κ3) is 35.6. The lowest BCUT2D eigenvalue weighted by molar-refractivity contribution is -0.303. The van der Waals surface area contributed by atoms with Crippen LogP contribution in [0.4, 0.5) is 0 Å². The molecule has 1 saturated heterocycles. The number of aliphatic hydroxyl groups excluding tert-OH is 7. The summed E-state index contributed by atoms with van der Waals surface area (Å²) < 4.78 is 11.1. The maximum Gasteiger partial charge on any atom is 0.249 e. The molecule has 9 unspecified atom stereocenters. The molecule has 1 fully saturated rings. The number of carbonyl (C=O) groups excluding carboxylic acids is 1. The van der Waals surface area contributed by atoms with Crippen LogP contribution in [0.15, 0.2) is 60.8 Å². The third-order valence-electron chi connectivity index (χ3n) is 13.3. The minimum atomic E-state index is -1.67. The fourth-order valence-electron chi connectivity index (χ4n) is 8.75. The Hall–Kier alpha value is -2.19. The quantitative estimate of drug-likeness (QED) is 0.0215. The Balaban J connectivity index is 2.24. The van der Waals surface area contributed by atoms with Gasteiger partial charge in [0.05, 0.1) is 25.4 Å². The number of allylic oxidation sites excluding steroid dienone is 10. The molecule has 1 rings (SSSR count). The van der Waals surface area contributed by atoms with E-state index in [2.05, 4.69) is 66.9 Å². The van der Waals surface area contributed by atoms with Crippen LogP contribution in [0.2, 0.25) is 0 Å². The summed E-state index contributed by atoms with van der Waals surface area (Å²) in [5.41, 5.74) is 0. The summed E-state index contributed by atoms with van der Waals surface area (Å²) in [7, 11) is 0. The average Bonchev–Trinajstić information content (AvgIpc) is 3.35. The van der Waals surface area contributed by atoms with E-state index >= 15 is 0 Å². The number of hydrogen-bond donors (Lipinski definition) is 8. The van der Waals surface area contributed by atoms with Gasteiger partial charge in [-0.05, 0) is 90.4 Å². The standard InChI is InChI=1S/C58H105NO10/c1-3-5-7-9-11-13-15-17-18-19-20-21-22-23-24-25-26-27-28-29-30-31-32-33-34-36-38-40-42-44-46-51(62)57(67)59-49(48-68-58-56(66)55(65)54(64)52(47-60)69-58)53(63)50(61)45-43-41-39-37-35-16-14-12-10-8-6-4-2/h4,6,12,14,20-21,23-24,37,39,49-56,58,60-66H,3,5,7-11,13,15-19,22,25-36,38,40-48H2,1-2H3,(H,59,67)/b6-4+,14-12+,21-20-,24-23-,39-37+. The number of unbranched alkanes of at least 4 members (excludes halogenated alkanes) is 26. The summed E-state index contributed by atoms with van der Waals surface area (Å²) in [6.07, 6.45) is 48.8. The molecule has 0 aromatic heterocycles. The monoisotopic (exact) mass is 976 g/mol. The van der Waals surface area contributed by atoms with Gasteiger partial charge in [-0.25, -0.2) is 0 Å². The molecule has 0 spiro atoms. The van der Waals surface area contributed by atoms with Gasteiger partial charge < -0.3 is 50.5 Å². The SMILES string of the molecule is C/C=C/CC/C=C/CC/C=C/CCCC(O)C(O)C(COC1OC(CO)C(O)C(O)C1O)NC(=O)C(O)CCCCCCCCCCCCCCCC/C=C\C/C=C\CCCCCCCCCCC. The van der Waals surface area contributed by atoms with Crippen LogP contribution in [0.5, 0.6) is 0 Å². The van der Waals surface area contributed by atoms with Gasteiger partial charge in [-0.15, -0.1) is 0 Å². The minimum absolute atomic E-state index is 0.238. The maximum atomic E-state index is 13.1. The zero-order valence-electron chi connectivity index (χ0n) is 43.8. The first-order valence-corrected chi connectivity index (χ1v) is 28.2. The lowest BCUT2D eigenvalue weighted by atomic mass is 9.98. The normalized spacial score (nSPS) is 20.9. The molecule has 0 bridgehead atoms. The number of aliphatic hydroxyl groups is 7. The fourth-order valence-corrected chi connectivity index (χ4v) is 8.75. The van der Waals surface area contributed by atoms with E-state index in [1.54, 1.807) is 0 Å². The second kappa shape index (κ2) is 46.9. The van der Waals surface area contributed by atoms with Crippen molar-refractivity contribution in [2.75, 3.05) is 13.2 Å². The summed E-state index contributed by atoms with van der Waals surface area (Å²) in [6.45, 7) is 3.21. The van der Waals surface area contributed by atoms with Crippen LogP contribution in [0.25, 0.3) is 0 Å². The van der Waals surface area contributed by atoms with E-state index in [4.69, 9.17) is 9.47 Å². The van der Waals surface area contributed by atoms with Gasteiger partial charge >= 0.3 is 0 Å². The first-order valence-electron chi connectivity index (χ1n) is 28.2. The van der Waals surface area contributed by atoms with Gasteiger partial charge in [0.1, 0.15) is 36.6 Å². The van der Waals surface area contributed by atoms with E-state index in [1.165, 1.54) is 135 Å². The van der Waals surface area contributed by atoms with Crippen molar-refractivity contribution in [3.05, 3.63) is 60.8 Å². The van der Waals surface area contributed by atoms with Crippen molar-refractivity contribution < 1.29 is 50.0 Å². The van der Waals surface area contributed by atoms with Gasteiger partial charge in [-0.1, -0.05) is 203 Å². The van der Waals surface area contributed by atoms with Gasteiger partial charge in [0.25, 0.3) is 0 Å². The van der Waals surface area contributed by atoms with Crippen LogP contribution in [-0.4, -0.2) is 110 Å². The first kappa shape index (κ1) is 64.8. The van der Waals surface area contributed by atoms with Gasteiger partial charge in [0.15, 0.2) is 6.29 Å². The van der Waals surface area contributed by atoms with Crippen molar-refractivity contribution >= 4 is 5.91 Å². The minimum Gasteiger partial charge on any atom is -0.394 e. The van der Waals surface area contributed by atoms with E-state index in [-0.39, 0.29) is 12.8 Å². The molecule has 1 amide bonds. The molecule has 1 aliphatic heterocycles. The first-order chi connectivity index (χ1) is 33.7. The summed E-state index contributed by atoms with van der Waals surface area (Å²) in [5, 5.41) is 75.8. The van der Waals surface area contributed by atoms with Crippen LogP contribution in [-0.2, 0) is 14.3 Å². The van der Waals surface area contributed by atoms with Gasteiger partial charge in [0.2, 0.25) is 5.91 Å². The van der Waals surface area contributed by atoms with Crippen molar-refractivity contribution in [1.82, 2.24) is 5.32 Å². The molecule has 0 saturated carbocycles. The highest BCUT2D eigenvalue weighted by atomic mass is 16.7. The van der Waals surface area contributed by atoms with E-state index < -0.39 is 74.2 Å². The Morgan fingerprint density at radius 3 is 1.46 bits per heavy atom. The van der Waals surface area contributed by atoms with Crippen LogP contribution >= 0.6 is 0 Å². The highest BCUT2D eigenvalue weighted by Gasteiger charge is 2.44. The molecular formula is C58H105NO10. The molecule has 0 aromatic carbocycles. The summed E-state index contributed by atoms with van der Waals surface area (Å²) >= 11 is 0. The highest BCUT2D eigenvalue weighted by Crippen LogP contribution is 2.23. The van der Waals surface area contributed by atoms with E-state index in [0.29, 0.717) is 19.3 Å². The average molecular weight is 976 g/mol. The number of rotatable bonds is 47. The summed E-state index contributed by atoms with van der Waals surface area (Å²) in [4.78, 5) is 13.1. The number of nitrogens with one attached hydrogen (secondary N) is 1. The van der Waals surface area contributed by atoms with Crippen LogP contribution in [0.3, 0.4) is 0 Å². The second-order valence-electron chi connectivity index (χ2n) is 19.6. The molecule has 1 aliphatic rings. The zero-order valence-corrected chi connectivity index (χ0v) is 43.8. The Morgan fingerprint density at radius 2 is 0.971 bits per heavy atom. The van der Waals surface area contributed by atoms with Gasteiger partial charge in [-0.3, -0.25) is 4.79 Å². The molecule has 0 radical (unpaired) electrons. The molecule has 0 aliphatic carbocycles. The molecule has 9 atom stereocenters. The van der Waals surface area contributed by atoms with Crippen molar-refractivity contribution in [2.24, 2.45) is 0 Å². The van der Waals surface area contributed by atoms with Gasteiger partial charge in [-0.2, -0.15) is 0 Å². The zero-order chi connectivity index (χ0) is 50.4. The Bertz CT molecular complexity index is 1300. The molecule has 1 heterocycles. The molecule has 8 N–H and O–H groups in total. The molecule has 11 nitrogen and oxygen atoms in total. The Kier molecular flexibility index (Phi) is 44.0. The van der Waals surface area contributed by atoms with Crippen molar-refractivity contribution in [1.29, 1.82) is 0 Å². The maximum absolute atomic E-state index is 13.1. The third-order valence-corrected chi connectivity index (χ3v) is 13.3. The van der Waals surface area contributed by atoms with Crippen LogP contribution in [0, 0.1) is 0 Å². The highest BCUT2D eigenvalue weighted by molar-refractivity contribution is 5.80. The summed E-state index contributed by atoms with van der Waals surface area (Å²) in [5.74, 6) is -0.715. The predicted octanol–water partition coefficient (Wildman–Crippen LogP) is 11.5. The lowest BCUT2D eigenvalue weighted by Gasteiger charge is -2.40. The molecule has 0 aromatic rings. The Labute approximate surface area is 421 Å². The number of hydrogen-bond acceptors (Lipinski definition) is 10. The fraction of sp³-hybridized carbons (Fsp3) is 0.810. The topological polar surface area (TPSA) is 189 Å². The number of ether oxygens (including phenoxy) is 2. The van der Waals surface area contributed by atoms with E-state index in [0.717, 1.165) is 51.4 Å². The van der Waals surface area contributed by atoms with Crippen molar-refractivity contribution in [3.8, 4) is 0 Å². The molecule has 11 heteroatoms. The molecule has 69 heavy (non-hydrogen) atoms. The van der Waals surface area contributed by atoms with Gasteiger partial charge in [0, 0.05) is 0 Å². The van der Waals surface area contributed by atoms with Crippen molar-refractivity contribution in [3.63, 3.8) is 0 Å².